The molecule has 0 spiro atoms. The van der Waals surface area contributed by atoms with E-state index in [-0.39, 0.29) is 5.82 Å². The maximum absolute atomic E-state index is 12.7. The predicted molar refractivity (Wildman–Crippen MR) is 67.2 cm³/mol. The first-order chi connectivity index (χ1) is 7.17. The molecule has 1 atom stereocenters. The van der Waals surface area contributed by atoms with Gasteiger partial charge in [0.1, 0.15) is 5.82 Å². The molecule has 1 rings (SSSR count). The Balaban J connectivity index is 2.60. The minimum Gasteiger partial charge on any atom is -0.374 e. The van der Waals surface area contributed by atoms with Gasteiger partial charge in [0.15, 0.2) is 0 Å². The lowest BCUT2D eigenvalue weighted by atomic mass is 10.1. The zero-order valence-corrected chi connectivity index (χ0v) is 10.8. The number of rotatable bonds is 5. The summed E-state index contributed by atoms with van der Waals surface area (Å²) in [7, 11) is 2.04. The van der Waals surface area contributed by atoms with Gasteiger partial charge >= 0.3 is 0 Å². The third-order valence-electron chi connectivity index (χ3n) is 2.60. The molecule has 15 heavy (non-hydrogen) atoms. The highest BCUT2D eigenvalue weighted by Crippen LogP contribution is 2.16. The molecule has 0 aliphatic heterocycles. The molecular formula is C12H17BrFN. The van der Waals surface area contributed by atoms with E-state index in [1.807, 2.05) is 19.2 Å². The summed E-state index contributed by atoms with van der Waals surface area (Å²) in [6, 6.07) is 6.63. The van der Waals surface area contributed by atoms with Crippen LogP contribution >= 0.6 is 15.9 Å². The van der Waals surface area contributed by atoms with Gasteiger partial charge in [-0.2, -0.15) is 0 Å². The first-order valence-electron chi connectivity index (χ1n) is 5.20. The Morgan fingerprint density at radius 3 is 2.40 bits per heavy atom. The van der Waals surface area contributed by atoms with E-state index in [4.69, 9.17) is 0 Å². The summed E-state index contributed by atoms with van der Waals surface area (Å²) in [6.45, 7) is 3.18. The number of hydrogen-bond acceptors (Lipinski definition) is 1. The molecule has 3 heteroatoms. The van der Waals surface area contributed by atoms with Crippen LogP contribution < -0.4 is 4.90 Å². The molecule has 0 N–H and O–H groups in total. The topological polar surface area (TPSA) is 3.24 Å². The molecule has 0 saturated heterocycles. The summed E-state index contributed by atoms with van der Waals surface area (Å²) in [5, 5.41) is 1.01. The highest BCUT2D eigenvalue weighted by molar-refractivity contribution is 9.09. The molecule has 0 fully saturated rings. The molecule has 1 aromatic carbocycles. The number of benzene rings is 1. The van der Waals surface area contributed by atoms with Gasteiger partial charge in [-0.3, -0.25) is 0 Å². The monoisotopic (exact) mass is 273 g/mol. The van der Waals surface area contributed by atoms with Crippen LogP contribution in [0.1, 0.15) is 13.3 Å². The van der Waals surface area contributed by atoms with Crippen molar-refractivity contribution in [1.29, 1.82) is 0 Å². The SMILES string of the molecule is CCC(CBr)CN(C)c1ccc(F)cc1. The lowest BCUT2D eigenvalue weighted by molar-refractivity contribution is 0.572. The largest absolute Gasteiger partial charge is 0.374 e. The van der Waals surface area contributed by atoms with Crippen LogP contribution in [-0.4, -0.2) is 18.9 Å². The Morgan fingerprint density at radius 1 is 1.33 bits per heavy atom. The van der Waals surface area contributed by atoms with Crippen LogP contribution in [0.3, 0.4) is 0 Å². The Bertz CT molecular complexity index is 282. The molecule has 84 valence electrons. The highest BCUT2D eigenvalue weighted by Gasteiger charge is 2.08. The molecule has 1 unspecified atom stereocenters. The van der Waals surface area contributed by atoms with Crippen LogP contribution in [0.25, 0.3) is 0 Å². The van der Waals surface area contributed by atoms with Gasteiger partial charge in [-0.25, -0.2) is 4.39 Å². The molecule has 0 bridgehead atoms. The Hall–Kier alpha value is -0.570. The maximum atomic E-state index is 12.7. The number of halogens is 2. The van der Waals surface area contributed by atoms with Gasteiger partial charge in [-0.05, 0) is 30.2 Å². The zero-order chi connectivity index (χ0) is 11.3. The lowest BCUT2D eigenvalue weighted by Gasteiger charge is -2.23. The fourth-order valence-corrected chi connectivity index (χ4v) is 2.14. The van der Waals surface area contributed by atoms with Crippen molar-refractivity contribution in [2.75, 3.05) is 23.8 Å². The Labute approximate surface area is 99.4 Å². The fraction of sp³-hybridized carbons (Fsp3) is 0.500. The van der Waals surface area contributed by atoms with E-state index < -0.39 is 0 Å². The maximum Gasteiger partial charge on any atom is 0.123 e. The normalized spacial score (nSPS) is 12.5. The zero-order valence-electron chi connectivity index (χ0n) is 9.21. The molecule has 0 aliphatic rings. The standard InChI is InChI=1S/C12H17BrFN/c1-3-10(8-13)9-15(2)12-6-4-11(14)5-7-12/h4-7,10H,3,8-9H2,1-2H3. The number of nitrogens with zero attached hydrogens (tertiary/aromatic N) is 1. The quantitative estimate of drug-likeness (QED) is 0.740. The molecule has 0 radical (unpaired) electrons. The van der Waals surface area contributed by atoms with Gasteiger partial charge in [0.2, 0.25) is 0 Å². The summed E-state index contributed by atoms with van der Waals surface area (Å²) in [5.41, 5.74) is 1.07. The molecule has 0 saturated carbocycles. The summed E-state index contributed by atoms with van der Waals surface area (Å²) < 4.78 is 12.7. The van der Waals surface area contributed by atoms with Crippen LogP contribution in [0.2, 0.25) is 0 Å². The highest BCUT2D eigenvalue weighted by atomic mass is 79.9. The predicted octanol–water partition coefficient (Wildman–Crippen LogP) is 3.68. The van der Waals surface area contributed by atoms with Crippen molar-refractivity contribution in [1.82, 2.24) is 0 Å². The molecule has 0 aliphatic carbocycles. The summed E-state index contributed by atoms with van der Waals surface area (Å²) in [4.78, 5) is 2.16. The summed E-state index contributed by atoms with van der Waals surface area (Å²) in [6.07, 6.45) is 1.15. The van der Waals surface area contributed by atoms with Crippen LogP contribution in [0, 0.1) is 11.7 Å². The van der Waals surface area contributed by atoms with Crippen LogP contribution in [0.5, 0.6) is 0 Å². The van der Waals surface area contributed by atoms with Crippen molar-refractivity contribution in [2.24, 2.45) is 5.92 Å². The number of hydrogen-bond donors (Lipinski definition) is 0. The first-order valence-corrected chi connectivity index (χ1v) is 6.32. The van der Waals surface area contributed by atoms with Crippen LogP contribution in [0.4, 0.5) is 10.1 Å². The third-order valence-corrected chi connectivity index (χ3v) is 3.51. The molecule has 0 aromatic heterocycles. The smallest absolute Gasteiger partial charge is 0.123 e. The van der Waals surface area contributed by atoms with E-state index in [2.05, 4.69) is 27.8 Å². The van der Waals surface area contributed by atoms with Crippen LogP contribution in [-0.2, 0) is 0 Å². The summed E-state index contributed by atoms with van der Waals surface area (Å²) in [5.74, 6) is 0.458. The van der Waals surface area contributed by atoms with E-state index in [1.165, 1.54) is 12.1 Å². The third kappa shape index (κ3) is 3.82. The van der Waals surface area contributed by atoms with E-state index in [0.717, 1.165) is 24.0 Å². The molecule has 0 amide bonds. The minimum absolute atomic E-state index is 0.181. The van der Waals surface area contributed by atoms with E-state index >= 15 is 0 Å². The van der Waals surface area contributed by atoms with E-state index in [0.29, 0.717) is 5.92 Å². The molecular weight excluding hydrogens is 257 g/mol. The number of anilines is 1. The summed E-state index contributed by atoms with van der Waals surface area (Å²) >= 11 is 3.50. The minimum atomic E-state index is -0.181. The van der Waals surface area contributed by atoms with Gasteiger partial charge in [-0.1, -0.05) is 29.3 Å². The fourth-order valence-electron chi connectivity index (χ4n) is 1.48. The van der Waals surface area contributed by atoms with Crippen molar-refractivity contribution in [2.45, 2.75) is 13.3 Å². The second-order valence-corrected chi connectivity index (χ2v) is 4.43. The van der Waals surface area contributed by atoms with Crippen molar-refractivity contribution in [3.05, 3.63) is 30.1 Å². The molecule has 0 heterocycles. The van der Waals surface area contributed by atoms with Crippen molar-refractivity contribution >= 4 is 21.6 Å². The Kier molecular flexibility index (Phi) is 5.09. The molecule has 1 aromatic rings. The lowest BCUT2D eigenvalue weighted by Crippen LogP contribution is -2.25. The van der Waals surface area contributed by atoms with Crippen molar-refractivity contribution in [3.8, 4) is 0 Å². The second-order valence-electron chi connectivity index (χ2n) is 3.79. The van der Waals surface area contributed by atoms with Gasteiger partial charge < -0.3 is 4.90 Å². The van der Waals surface area contributed by atoms with Crippen molar-refractivity contribution < 1.29 is 4.39 Å². The van der Waals surface area contributed by atoms with Gasteiger partial charge in [0.05, 0.1) is 0 Å². The number of alkyl halides is 1. The average Bonchev–Trinajstić information content (AvgIpc) is 2.26. The van der Waals surface area contributed by atoms with Gasteiger partial charge in [0, 0.05) is 24.6 Å². The van der Waals surface area contributed by atoms with Crippen molar-refractivity contribution in [3.63, 3.8) is 0 Å². The second kappa shape index (κ2) is 6.11. The first kappa shape index (κ1) is 12.5. The Morgan fingerprint density at radius 2 is 1.93 bits per heavy atom. The van der Waals surface area contributed by atoms with E-state index in [9.17, 15) is 4.39 Å². The van der Waals surface area contributed by atoms with Crippen LogP contribution in [0.15, 0.2) is 24.3 Å². The molecule has 1 nitrogen and oxygen atoms in total. The van der Waals surface area contributed by atoms with E-state index in [1.54, 1.807) is 0 Å². The van der Waals surface area contributed by atoms with Gasteiger partial charge in [-0.15, -0.1) is 0 Å². The average molecular weight is 274 g/mol. The van der Waals surface area contributed by atoms with Gasteiger partial charge in [0.25, 0.3) is 0 Å².